The summed E-state index contributed by atoms with van der Waals surface area (Å²) in [4.78, 5) is 40.0. The van der Waals surface area contributed by atoms with Crippen molar-refractivity contribution in [1.29, 1.82) is 0 Å². The Balaban J connectivity index is 1.62. The first-order valence-corrected chi connectivity index (χ1v) is 9.50. The van der Waals surface area contributed by atoms with Crippen molar-refractivity contribution in [2.45, 2.75) is 32.3 Å². The number of allylic oxidation sites excluding steroid dienone is 2. The maximum absolute atomic E-state index is 13.2. The van der Waals surface area contributed by atoms with Gasteiger partial charge < -0.3 is 4.74 Å². The van der Waals surface area contributed by atoms with Crippen molar-refractivity contribution < 1.29 is 19.1 Å². The zero-order valence-electron chi connectivity index (χ0n) is 15.5. The molecule has 2 aromatic rings. The lowest BCUT2D eigenvalue weighted by Crippen LogP contribution is -2.46. The lowest BCUT2D eigenvalue weighted by molar-refractivity contribution is -0.153. The Hall–Kier alpha value is -3.21. The van der Waals surface area contributed by atoms with Crippen LogP contribution in [0.15, 0.2) is 71.9 Å². The van der Waals surface area contributed by atoms with Gasteiger partial charge in [-0.2, -0.15) is 0 Å². The number of para-hydroxylation sites is 1. The summed E-state index contributed by atoms with van der Waals surface area (Å²) in [5.41, 5.74) is 2.86. The Morgan fingerprint density at radius 1 is 0.964 bits per heavy atom. The minimum Gasteiger partial charge on any atom is -0.460 e. The molecule has 1 aliphatic carbocycles. The topological polar surface area (TPSA) is 63.7 Å². The number of Topliss-reactive ketones (excluding diaryl/α,β-unsaturated/α-hetero) is 1. The average molecular weight is 375 g/mol. The van der Waals surface area contributed by atoms with E-state index in [0.29, 0.717) is 24.1 Å². The Bertz CT molecular complexity index is 934. The molecule has 0 spiro atoms. The largest absolute Gasteiger partial charge is 0.460 e. The number of amides is 1. The van der Waals surface area contributed by atoms with E-state index in [1.165, 1.54) is 0 Å². The summed E-state index contributed by atoms with van der Waals surface area (Å²) in [6.45, 7) is 0.106. The molecule has 4 rings (SSSR count). The third kappa shape index (κ3) is 3.48. The van der Waals surface area contributed by atoms with E-state index in [0.717, 1.165) is 17.7 Å². The molecule has 0 bridgehead atoms. The van der Waals surface area contributed by atoms with Gasteiger partial charge in [0.05, 0.1) is 0 Å². The van der Waals surface area contributed by atoms with E-state index in [1.54, 1.807) is 4.90 Å². The summed E-state index contributed by atoms with van der Waals surface area (Å²) in [7, 11) is 0. The molecule has 1 unspecified atom stereocenters. The van der Waals surface area contributed by atoms with Gasteiger partial charge in [-0.05, 0) is 37.0 Å². The summed E-state index contributed by atoms with van der Waals surface area (Å²) in [6, 6.07) is 18.5. The molecule has 142 valence electrons. The molecule has 5 nitrogen and oxygen atoms in total. The highest BCUT2D eigenvalue weighted by Gasteiger charge is 2.43. The maximum atomic E-state index is 13.2. The van der Waals surface area contributed by atoms with Crippen LogP contribution >= 0.6 is 0 Å². The molecular weight excluding hydrogens is 354 g/mol. The van der Waals surface area contributed by atoms with Crippen LogP contribution in [0.25, 0.3) is 0 Å². The van der Waals surface area contributed by atoms with Gasteiger partial charge in [0.1, 0.15) is 12.5 Å². The van der Waals surface area contributed by atoms with Crippen molar-refractivity contribution in [3.63, 3.8) is 0 Å². The summed E-state index contributed by atoms with van der Waals surface area (Å²) in [6.07, 6.45) is 1.97. The molecule has 0 saturated heterocycles. The Morgan fingerprint density at radius 2 is 1.64 bits per heavy atom. The second-order valence-electron chi connectivity index (χ2n) is 7.06. The smallest absolute Gasteiger partial charge is 0.319 e. The van der Waals surface area contributed by atoms with Crippen LogP contribution in [0.1, 0.15) is 31.2 Å². The van der Waals surface area contributed by atoms with Gasteiger partial charge in [-0.1, -0.05) is 48.5 Å². The number of esters is 1. The molecule has 5 heteroatoms. The zero-order chi connectivity index (χ0) is 19.5. The fourth-order valence-electron chi connectivity index (χ4n) is 3.81. The van der Waals surface area contributed by atoms with Crippen molar-refractivity contribution >= 4 is 23.3 Å². The predicted molar refractivity (Wildman–Crippen MR) is 104 cm³/mol. The molecule has 0 aromatic heterocycles. The van der Waals surface area contributed by atoms with Gasteiger partial charge in [0, 0.05) is 23.4 Å². The number of rotatable bonds is 4. The SMILES string of the molecule is O=C1CCCC2=C1CC(C(=O)OCc1ccccc1)C(=O)N2c1ccccc1. The van der Waals surface area contributed by atoms with Crippen LogP contribution < -0.4 is 4.90 Å². The van der Waals surface area contributed by atoms with E-state index in [4.69, 9.17) is 4.74 Å². The number of anilines is 1. The van der Waals surface area contributed by atoms with Crippen LogP contribution in [-0.2, 0) is 25.7 Å². The summed E-state index contributed by atoms with van der Waals surface area (Å²) >= 11 is 0. The van der Waals surface area contributed by atoms with Gasteiger partial charge >= 0.3 is 5.97 Å². The van der Waals surface area contributed by atoms with Crippen molar-refractivity contribution in [3.8, 4) is 0 Å². The molecule has 0 radical (unpaired) electrons. The third-order valence-electron chi connectivity index (χ3n) is 5.22. The van der Waals surface area contributed by atoms with Gasteiger partial charge in [0.25, 0.3) is 0 Å². The Labute approximate surface area is 163 Å². The molecule has 0 N–H and O–H groups in total. The van der Waals surface area contributed by atoms with E-state index >= 15 is 0 Å². The van der Waals surface area contributed by atoms with Crippen LogP contribution in [-0.4, -0.2) is 17.7 Å². The predicted octanol–water partition coefficient (Wildman–Crippen LogP) is 3.79. The van der Waals surface area contributed by atoms with Crippen LogP contribution in [0.5, 0.6) is 0 Å². The van der Waals surface area contributed by atoms with E-state index in [2.05, 4.69) is 0 Å². The normalized spacial score (nSPS) is 19.4. The van der Waals surface area contributed by atoms with Crippen molar-refractivity contribution in [2.24, 2.45) is 5.92 Å². The molecule has 0 fully saturated rings. The van der Waals surface area contributed by atoms with Gasteiger partial charge in [-0.15, -0.1) is 0 Å². The Kier molecular flexibility index (Phi) is 5.06. The van der Waals surface area contributed by atoms with Gasteiger partial charge in [-0.25, -0.2) is 0 Å². The molecular formula is C23H21NO4. The first kappa shape index (κ1) is 18.2. The highest BCUT2D eigenvalue weighted by molar-refractivity contribution is 6.13. The molecule has 28 heavy (non-hydrogen) atoms. The van der Waals surface area contributed by atoms with Crippen LogP contribution in [0, 0.1) is 5.92 Å². The molecule has 1 heterocycles. The number of nitrogens with zero attached hydrogens (tertiary/aromatic N) is 1. The molecule has 0 saturated carbocycles. The fraction of sp³-hybridized carbons (Fsp3) is 0.261. The average Bonchev–Trinajstić information content (AvgIpc) is 2.73. The quantitative estimate of drug-likeness (QED) is 0.602. The maximum Gasteiger partial charge on any atom is 0.319 e. The monoisotopic (exact) mass is 375 g/mol. The highest BCUT2D eigenvalue weighted by atomic mass is 16.5. The molecule has 1 atom stereocenters. The van der Waals surface area contributed by atoms with Gasteiger partial charge in [0.2, 0.25) is 5.91 Å². The number of ether oxygens (including phenoxy) is 1. The number of benzene rings is 2. The van der Waals surface area contributed by atoms with Crippen LogP contribution in [0.4, 0.5) is 5.69 Å². The number of carbonyl (C=O) groups excluding carboxylic acids is 3. The van der Waals surface area contributed by atoms with Gasteiger partial charge in [-0.3, -0.25) is 19.3 Å². The lowest BCUT2D eigenvalue weighted by atomic mass is 9.83. The van der Waals surface area contributed by atoms with Crippen LogP contribution in [0.3, 0.4) is 0 Å². The van der Waals surface area contributed by atoms with E-state index < -0.39 is 11.9 Å². The minimum atomic E-state index is -0.996. The van der Waals surface area contributed by atoms with Crippen molar-refractivity contribution in [1.82, 2.24) is 0 Å². The number of ketones is 1. The van der Waals surface area contributed by atoms with Gasteiger partial charge in [0.15, 0.2) is 5.78 Å². The first-order chi connectivity index (χ1) is 13.6. The van der Waals surface area contributed by atoms with Crippen molar-refractivity contribution in [3.05, 3.63) is 77.5 Å². The second kappa shape index (κ2) is 7.80. The number of carbonyl (C=O) groups is 3. The van der Waals surface area contributed by atoms with E-state index in [9.17, 15) is 14.4 Å². The zero-order valence-corrected chi connectivity index (χ0v) is 15.5. The summed E-state index contributed by atoms with van der Waals surface area (Å²) < 4.78 is 5.42. The van der Waals surface area contributed by atoms with Crippen LogP contribution in [0.2, 0.25) is 0 Å². The van der Waals surface area contributed by atoms with E-state index in [-0.39, 0.29) is 24.7 Å². The molecule has 2 aliphatic rings. The second-order valence-corrected chi connectivity index (χ2v) is 7.06. The lowest BCUT2D eigenvalue weighted by Gasteiger charge is -2.37. The highest BCUT2D eigenvalue weighted by Crippen LogP contribution is 2.38. The van der Waals surface area contributed by atoms with E-state index in [1.807, 2.05) is 60.7 Å². The number of hydrogen-bond acceptors (Lipinski definition) is 4. The molecule has 1 amide bonds. The molecule has 1 aliphatic heterocycles. The first-order valence-electron chi connectivity index (χ1n) is 9.50. The Morgan fingerprint density at radius 3 is 2.36 bits per heavy atom. The third-order valence-corrected chi connectivity index (χ3v) is 5.22. The summed E-state index contributed by atoms with van der Waals surface area (Å²) in [5, 5.41) is 0. The van der Waals surface area contributed by atoms with Crippen molar-refractivity contribution in [2.75, 3.05) is 4.90 Å². The minimum absolute atomic E-state index is 0.0236. The summed E-state index contributed by atoms with van der Waals surface area (Å²) in [5.74, 6) is -1.88. The molecule has 2 aromatic carbocycles. The number of hydrogen-bond donors (Lipinski definition) is 0. The fourth-order valence-corrected chi connectivity index (χ4v) is 3.81. The standard InChI is InChI=1S/C23H21NO4/c25-21-13-7-12-20-18(21)14-19(22(26)24(20)17-10-5-2-6-11-17)23(27)28-15-16-8-3-1-4-9-16/h1-6,8-11,19H,7,12-15H2.